The summed E-state index contributed by atoms with van der Waals surface area (Å²) in [7, 11) is 0. The van der Waals surface area contributed by atoms with Crippen molar-refractivity contribution in [2.24, 2.45) is 0 Å². The molecular weight excluding hydrogens is 697 g/mol. The minimum Gasteiger partial charge on any atom is -0.457 e. The summed E-state index contributed by atoms with van der Waals surface area (Å²) >= 11 is 0. The molecule has 0 amide bonds. The van der Waals surface area contributed by atoms with Crippen LogP contribution in [0.2, 0.25) is 0 Å². The fraction of sp³-hybridized carbons (Fsp3) is 0.0962. The Labute approximate surface area is 330 Å². The van der Waals surface area contributed by atoms with Gasteiger partial charge in [0.25, 0.3) is 0 Å². The number of benzene rings is 7. The summed E-state index contributed by atoms with van der Waals surface area (Å²) < 4.78 is 11.5. The summed E-state index contributed by atoms with van der Waals surface area (Å²) in [5, 5.41) is 9.73. The topological polar surface area (TPSA) is 35.2 Å². The average molecular weight is 737 g/mol. The van der Waals surface area contributed by atoms with Gasteiger partial charge >= 0.3 is 0 Å². The molecule has 0 atom stereocenters. The lowest BCUT2D eigenvalue weighted by Gasteiger charge is -2.20. The molecule has 0 fully saturated rings. The first-order valence-electron chi connectivity index (χ1n) is 19.6. The van der Waals surface area contributed by atoms with Gasteiger partial charge in [-0.3, -0.25) is 4.57 Å². The van der Waals surface area contributed by atoms with E-state index >= 15 is 0 Å². The van der Waals surface area contributed by atoms with Crippen LogP contribution in [0.1, 0.15) is 26.3 Å². The molecule has 0 radical (unpaired) electrons. The van der Waals surface area contributed by atoms with Crippen molar-refractivity contribution in [3.05, 3.63) is 182 Å². The van der Waals surface area contributed by atoms with Crippen molar-refractivity contribution in [3.63, 3.8) is 0 Å². The summed E-state index contributed by atoms with van der Waals surface area (Å²) in [4.78, 5) is 7.28. The third-order valence-corrected chi connectivity index (χ3v) is 11.6. The van der Waals surface area contributed by atoms with E-state index in [2.05, 4.69) is 199 Å². The van der Waals surface area contributed by atoms with Crippen LogP contribution in [0.5, 0.6) is 11.5 Å². The third-order valence-electron chi connectivity index (χ3n) is 11.6. The summed E-state index contributed by atoms with van der Waals surface area (Å²) in [6.07, 6.45) is 1.92. The maximum Gasteiger partial charge on any atom is 0.137 e. The molecule has 4 heterocycles. The number of ether oxygens (including phenoxy) is 1. The maximum atomic E-state index is 6.75. The predicted octanol–water partition coefficient (Wildman–Crippen LogP) is 13.9. The Bertz CT molecular complexity index is 3310. The minimum atomic E-state index is -0.00101. The molecule has 3 aromatic heterocycles. The van der Waals surface area contributed by atoms with Gasteiger partial charge in [0.15, 0.2) is 0 Å². The number of hydrogen-bond acceptors (Lipinski definition) is 3. The Balaban J connectivity index is 1.05. The quantitative estimate of drug-likeness (QED) is 0.180. The Kier molecular flexibility index (Phi) is 7.42. The molecule has 0 N–H and O–H groups in total. The lowest BCUT2D eigenvalue weighted by atomic mass is 9.88. The smallest absolute Gasteiger partial charge is 0.137 e. The molecular formula is C52H40N4O. The van der Waals surface area contributed by atoms with Crippen molar-refractivity contribution in [1.82, 2.24) is 14.1 Å². The molecule has 0 aliphatic carbocycles. The van der Waals surface area contributed by atoms with E-state index in [1.807, 2.05) is 12.3 Å². The highest BCUT2D eigenvalue weighted by Crippen LogP contribution is 2.43. The number of aromatic nitrogens is 3. The fourth-order valence-corrected chi connectivity index (χ4v) is 8.92. The van der Waals surface area contributed by atoms with Crippen LogP contribution in [0.3, 0.4) is 0 Å². The van der Waals surface area contributed by atoms with Crippen LogP contribution in [-0.4, -0.2) is 14.1 Å². The Hall–Kier alpha value is -7.11. The molecule has 5 nitrogen and oxygen atoms in total. The minimum absolute atomic E-state index is 0.00101. The summed E-state index contributed by atoms with van der Waals surface area (Å²) in [6, 6.07) is 60.9. The van der Waals surface area contributed by atoms with E-state index in [9.17, 15) is 0 Å². The van der Waals surface area contributed by atoms with Crippen LogP contribution in [-0.2, 0) is 12.1 Å². The number of rotatable bonds is 4. The van der Waals surface area contributed by atoms with Gasteiger partial charge in [-0.15, -0.1) is 0 Å². The molecule has 0 saturated carbocycles. The first kappa shape index (κ1) is 33.2. The molecule has 57 heavy (non-hydrogen) atoms. The summed E-state index contributed by atoms with van der Waals surface area (Å²) in [5.41, 5.74) is 8.04. The van der Waals surface area contributed by atoms with E-state index in [4.69, 9.17) is 9.72 Å². The van der Waals surface area contributed by atoms with Crippen LogP contribution in [0.4, 0.5) is 11.4 Å². The first-order valence-corrected chi connectivity index (χ1v) is 19.6. The molecule has 0 unspecified atom stereocenters. The molecule has 0 saturated heterocycles. The van der Waals surface area contributed by atoms with Gasteiger partial charge in [0.1, 0.15) is 24.0 Å². The zero-order valence-electron chi connectivity index (χ0n) is 32.1. The Morgan fingerprint density at radius 1 is 0.491 bits per heavy atom. The zero-order chi connectivity index (χ0) is 38.3. The predicted molar refractivity (Wildman–Crippen MR) is 238 cm³/mol. The van der Waals surface area contributed by atoms with Gasteiger partial charge in [0.05, 0.1) is 27.8 Å². The normalized spacial score (nSPS) is 12.7. The Morgan fingerprint density at radius 3 is 1.81 bits per heavy atom. The van der Waals surface area contributed by atoms with Gasteiger partial charge in [-0.25, -0.2) is 4.98 Å². The lowest BCUT2D eigenvalue weighted by molar-refractivity contribution is 0.483. The van der Waals surface area contributed by atoms with E-state index in [-0.39, 0.29) is 5.41 Å². The average Bonchev–Trinajstić information content (AvgIpc) is 3.80. The number of pyridine rings is 1. The number of hydrogen-bond donors (Lipinski definition) is 0. The second-order valence-electron chi connectivity index (χ2n) is 16.1. The molecule has 11 rings (SSSR count). The largest absolute Gasteiger partial charge is 0.457 e. The first-order chi connectivity index (χ1) is 27.9. The van der Waals surface area contributed by atoms with Gasteiger partial charge in [-0.1, -0.05) is 124 Å². The highest BCUT2D eigenvalue weighted by atomic mass is 16.5. The van der Waals surface area contributed by atoms with E-state index in [1.165, 1.54) is 54.3 Å². The van der Waals surface area contributed by atoms with Crippen molar-refractivity contribution in [2.45, 2.75) is 32.9 Å². The molecule has 1 aliphatic heterocycles. The number of para-hydroxylation sites is 3. The standard InChI is InChI=1S/C52H40N4O/c1-52(2,3)34-28-29-53-50(30-34)56-47-24-11-9-21-43(47)44-27-26-37(32-49(44)56)57-36-15-12-14-35(31-36)54-33-55-46-23-10-8-20-42(46)40-18-6-4-16-38(40)39-17-5-7-19-41(39)45-22-13-25-48(54)51(45)55/h4-32H,33H2,1-3H3. The van der Waals surface area contributed by atoms with E-state index in [0.29, 0.717) is 6.67 Å². The monoisotopic (exact) mass is 736 g/mol. The third kappa shape index (κ3) is 5.34. The van der Waals surface area contributed by atoms with Crippen LogP contribution in [0, 0.1) is 0 Å². The van der Waals surface area contributed by atoms with Crippen molar-refractivity contribution in [2.75, 3.05) is 4.90 Å². The van der Waals surface area contributed by atoms with Crippen molar-refractivity contribution >= 4 is 76.5 Å². The summed E-state index contributed by atoms with van der Waals surface area (Å²) in [6.45, 7) is 7.38. The van der Waals surface area contributed by atoms with Crippen LogP contribution < -0.4 is 9.64 Å². The lowest BCUT2D eigenvalue weighted by Crippen LogP contribution is -2.14. The molecule has 5 heteroatoms. The zero-order valence-corrected chi connectivity index (χ0v) is 32.1. The Morgan fingerprint density at radius 2 is 1.07 bits per heavy atom. The molecule has 1 aliphatic rings. The maximum absolute atomic E-state index is 6.75. The molecule has 7 aromatic carbocycles. The van der Waals surface area contributed by atoms with Gasteiger partial charge in [-0.2, -0.15) is 0 Å². The molecule has 10 aromatic rings. The molecule has 274 valence electrons. The number of nitrogens with zero attached hydrogens (tertiary/aromatic N) is 4. The second kappa shape index (κ2) is 12.7. The van der Waals surface area contributed by atoms with E-state index in [1.54, 1.807) is 0 Å². The summed E-state index contributed by atoms with van der Waals surface area (Å²) in [5.74, 6) is 2.45. The van der Waals surface area contributed by atoms with Gasteiger partial charge < -0.3 is 14.2 Å². The number of fused-ring (bicyclic) bond motifs is 10. The van der Waals surface area contributed by atoms with Crippen molar-refractivity contribution < 1.29 is 4.74 Å². The number of anilines is 2. The van der Waals surface area contributed by atoms with E-state index < -0.39 is 0 Å². The molecule has 0 bridgehead atoms. The van der Waals surface area contributed by atoms with Gasteiger partial charge in [0, 0.05) is 45.6 Å². The molecule has 0 spiro atoms. The van der Waals surface area contributed by atoms with Crippen molar-refractivity contribution in [1.29, 1.82) is 0 Å². The van der Waals surface area contributed by atoms with Crippen LogP contribution in [0.15, 0.2) is 176 Å². The van der Waals surface area contributed by atoms with Crippen molar-refractivity contribution in [3.8, 4) is 17.3 Å². The SMILES string of the molecule is CC(C)(C)c1ccnc(-n2c3ccccc3c3ccc(Oc4cccc(N5Cn6c7ccccc7c7ccccc7c7ccccc7c7cccc5c76)c4)cc32)c1. The fourth-order valence-electron chi connectivity index (χ4n) is 8.92. The van der Waals surface area contributed by atoms with Gasteiger partial charge in [-0.05, 0) is 87.1 Å². The van der Waals surface area contributed by atoms with Crippen LogP contribution in [0.25, 0.3) is 71.0 Å². The highest BCUT2D eigenvalue weighted by Gasteiger charge is 2.24. The van der Waals surface area contributed by atoms with Crippen LogP contribution >= 0.6 is 0 Å². The second-order valence-corrected chi connectivity index (χ2v) is 16.1. The van der Waals surface area contributed by atoms with Gasteiger partial charge in [0.2, 0.25) is 0 Å². The highest BCUT2D eigenvalue weighted by molar-refractivity contribution is 6.21. The van der Waals surface area contributed by atoms with E-state index in [0.717, 1.165) is 45.1 Å².